The molecule has 2 saturated heterocycles. The molecule has 0 atom stereocenters. The minimum absolute atomic E-state index is 0.0168. The SMILES string of the molecule is O=C(c1cc(S(=O)(=O)N2CCCC2)ccc1F)N1CCN(Cc2ccccc2)CC1. The summed E-state index contributed by atoms with van der Waals surface area (Å²) in [5.74, 6) is -1.14. The van der Waals surface area contributed by atoms with Gasteiger partial charge in [-0.2, -0.15) is 4.31 Å². The maximum atomic E-state index is 14.4. The van der Waals surface area contributed by atoms with Gasteiger partial charge in [0.2, 0.25) is 10.0 Å². The van der Waals surface area contributed by atoms with Gasteiger partial charge in [-0.3, -0.25) is 9.69 Å². The largest absolute Gasteiger partial charge is 0.336 e. The van der Waals surface area contributed by atoms with E-state index in [1.54, 1.807) is 4.90 Å². The van der Waals surface area contributed by atoms with Gasteiger partial charge in [-0.15, -0.1) is 0 Å². The maximum Gasteiger partial charge on any atom is 0.256 e. The Morgan fingerprint density at radius 3 is 2.23 bits per heavy atom. The molecule has 6 nitrogen and oxygen atoms in total. The van der Waals surface area contributed by atoms with Gasteiger partial charge in [-0.05, 0) is 36.6 Å². The Kier molecular flexibility index (Phi) is 6.17. The van der Waals surface area contributed by atoms with Crippen LogP contribution >= 0.6 is 0 Å². The van der Waals surface area contributed by atoms with Gasteiger partial charge in [0.15, 0.2) is 0 Å². The predicted octanol–water partition coefficient (Wildman–Crippen LogP) is 2.57. The average molecular weight is 432 g/mol. The molecule has 160 valence electrons. The van der Waals surface area contributed by atoms with Crippen LogP contribution in [0.25, 0.3) is 0 Å². The molecule has 0 unspecified atom stereocenters. The minimum Gasteiger partial charge on any atom is -0.336 e. The number of amides is 1. The second kappa shape index (κ2) is 8.83. The zero-order valence-corrected chi connectivity index (χ0v) is 17.7. The highest BCUT2D eigenvalue weighted by molar-refractivity contribution is 7.89. The van der Waals surface area contributed by atoms with E-state index in [2.05, 4.69) is 17.0 Å². The molecule has 8 heteroatoms. The normalized spacial score (nSPS) is 18.6. The summed E-state index contributed by atoms with van der Waals surface area (Å²) in [5, 5.41) is 0. The first-order valence-electron chi connectivity index (χ1n) is 10.3. The molecule has 0 spiro atoms. The summed E-state index contributed by atoms with van der Waals surface area (Å²) in [7, 11) is -3.70. The summed E-state index contributed by atoms with van der Waals surface area (Å²) in [4.78, 5) is 16.8. The van der Waals surface area contributed by atoms with Crippen molar-refractivity contribution in [2.24, 2.45) is 0 Å². The van der Waals surface area contributed by atoms with E-state index in [9.17, 15) is 17.6 Å². The molecule has 2 aliphatic rings. The van der Waals surface area contributed by atoms with Crippen LogP contribution in [-0.4, -0.2) is 67.7 Å². The van der Waals surface area contributed by atoms with Gasteiger partial charge < -0.3 is 4.90 Å². The number of hydrogen-bond acceptors (Lipinski definition) is 4. The summed E-state index contributed by atoms with van der Waals surface area (Å²) >= 11 is 0. The molecule has 2 fully saturated rings. The summed E-state index contributed by atoms with van der Waals surface area (Å²) < 4.78 is 41.4. The predicted molar refractivity (Wildman–Crippen MR) is 112 cm³/mol. The first-order valence-corrected chi connectivity index (χ1v) is 11.7. The van der Waals surface area contributed by atoms with Gasteiger partial charge in [0.05, 0.1) is 10.5 Å². The fourth-order valence-electron chi connectivity index (χ4n) is 4.03. The lowest BCUT2D eigenvalue weighted by molar-refractivity contribution is 0.0623. The molecule has 0 aliphatic carbocycles. The van der Waals surface area contributed by atoms with Crippen LogP contribution in [0.15, 0.2) is 53.4 Å². The molecule has 2 heterocycles. The second-order valence-corrected chi connectivity index (χ2v) is 9.74. The van der Waals surface area contributed by atoms with Crippen molar-refractivity contribution >= 4 is 15.9 Å². The van der Waals surface area contributed by atoms with E-state index in [1.165, 1.54) is 22.0 Å². The molecule has 1 amide bonds. The Labute approximate surface area is 176 Å². The van der Waals surface area contributed by atoms with Gasteiger partial charge in [0.1, 0.15) is 5.82 Å². The van der Waals surface area contributed by atoms with Crippen LogP contribution in [-0.2, 0) is 16.6 Å². The van der Waals surface area contributed by atoms with Crippen molar-refractivity contribution in [1.82, 2.24) is 14.1 Å². The zero-order chi connectivity index (χ0) is 21.1. The Morgan fingerprint density at radius 2 is 1.57 bits per heavy atom. The van der Waals surface area contributed by atoms with Crippen LogP contribution in [0.1, 0.15) is 28.8 Å². The van der Waals surface area contributed by atoms with Crippen LogP contribution in [0.3, 0.4) is 0 Å². The number of benzene rings is 2. The van der Waals surface area contributed by atoms with E-state index < -0.39 is 21.7 Å². The topological polar surface area (TPSA) is 60.9 Å². The number of carbonyl (C=O) groups is 1. The molecule has 0 saturated carbocycles. The molecular formula is C22H26FN3O3S. The Morgan fingerprint density at radius 1 is 0.900 bits per heavy atom. The van der Waals surface area contributed by atoms with E-state index in [4.69, 9.17) is 0 Å². The molecule has 0 N–H and O–H groups in total. The highest BCUT2D eigenvalue weighted by atomic mass is 32.2. The van der Waals surface area contributed by atoms with Crippen molar-refractivity contribution < 1.29 is 17.6 Å². The number of rotatable bonds is 5. The first kappa shape index (κ1) is 21.0. The fraction of sp³-hybridized carbons (Fsp3) is 0.409. The third-order valence-electron chi connectivity index (χ3n) is 5.78. The highest BCUT2D eigenvalue weighted by Crippen LogP contribution is 2.24. The average Bonchev–Trinajstić information content (AvgIpc) is 3.31. The van der Waals surface area contributed by atoms with Crippen molar-refractivity contribution in [2.45, 2.75) is 24.3 Å². The number of sulfonamides is 1. The fourth-order valence-corrected chi connectivity index (χ4v) is 5.57. The lowest BCUT2D eigenvalue weighted by atomic mass is 10.1. The molecule has 0 radical (unpaired) electrons. The van der Waals surface area contributed by atoms with E-state index in [1.807, 2.05) is 18.2 Å². The van der Waals surface area contributed by atoms with Gasteiger partial charge in [0.25, 0.3) is 5.91 Å². The number of halogens is 1. The molecule has 4 rings (SSSR count). The molecule has 2 aromatic carbocycles. The third kappa shape index (κ3) is 4.40. The van der Waals surface area contributed by atoms with Crippen molar-refractivity contribution in [3.05, 3.63) is 65.5 Å². The molecule has 2 aliphatic heterocycles. The Bertz CT molecular complexity index is 1000. The molecule has 0 bridgehead atoms. The number of piperazine rings is 1. The Hall–Kier alpha value is -2.29. The smallest absolute Gasteiger partial charge is 0.256 e. The van der Waals surface area contributed by atoms with Crippen molar-refractivity contribution in [2.75, 3.05) is 39.3 Å². The number of hydrogen-bond donors (Lipinski definition) is 0. The van der Waals surface area contributed by atoms with Crippen LogP contribution in [0.2, 0.25) is 0 Å². The van der Waals surface area contributed by atoms with E-state index in [0.717, 1.165) is 25.5 Å². The quantitative estimate of drug-likeness (QED) is 0.730. The van der Waals surface area contributed by atoms with E-state index in [0.29, 0.717) is 39.3 Å². The summed E-state index contributed by atoms with van der Waals surface area (Å²) in [5.41, 5.74) is 1.04. The van der Waals surface area contributed by atoms with Gasteiger partial charge in [-0.25, -0.2) is 12.8 Å². The first-order chi connectivity index (χ1) is 14.4. The number of carbonyl (C=O) groups excluding carboxylic acids is 1. The van der Waals surface area contributed by atoms with E-state index >= 15 is 0 Å². The van der Waals surface area contributed by atoms with Gasteiger partial charge in [-0.1, -0.05) is 30.3 Å². The maximum absolute atomic E-state index is 14.4. The summed E-state index contributed by atoms with van der Waals surface area (Å²) in [6.45, 7) is 4.07. The lowest BCUT2D eigenvalue weighted by Crippen LogP contribution is -2.48. The molecular weight excluding hydrogens is 405 g/mol. The van der Waals surface area contributed by atoms with Gasteiger partial charge in [0, 0.05) is 45.8 Å². The van der Waals surface area contributed by atoms with Crippen molar-refractivity contribution in [3.63, 3.8) is 0 Å². The molecule has 0 aromatic heterocycles. The van der Waals surface area contributed by atoms with Crippen LogP contribution in [0.4, 0.5) is 4.39 Å². The minimum atomic E-state index is -3.70. The highest BCUT2D eigenvalue weighted by Gasteiger charge is 2.30. The number of nitrogens with zero attached hydrogens (tertiary/aromatic N) is 3. The van der Waals surface area contributed by atoms with Crippen molar-refractivity contribution in [1.29, 1.82) is 0 Å². The van der Waals surface area contributed by atoms with Gasteiger partial charge >= 0.3 is 0 Å². The van der Waals surface area contributed by atoms with Crippen LogP contribution in [0.5, 0.6) is 0 Å². The monoisotopic (exact) mass is 431 g/mol. The standard InChI is InChI=1S/C22H26FN3O3S/c23-21-9-8-19(30(28,29)26-10-4-5-11-26)16-20(21)22(27)25-14-12-24(13-15-25)17-18-6-2-1-3-7-18/h1-3,6-9,16H,4-5,10-15,17H2. The van der Waals surface area contributed by atoms with Crippen LogP contribution < -0.4 is 0 Å². The second-order valence-electron chi connectivity index (χ2n) is 7.81. The molecule has 2 aromatic rings. The Balaban J connectivity index is 1.45. The molecule has 30 heavy (non-hydrogen) atoms. The van der Waals surface area contributed by atoms with Crippen LogP contribution in [0, 0.1) is 5.82 Å². The summed E-state index contributed by atoms with van der Waals surface area (Å²) in [6.07, 6.45) is 1.64. The van der Waals surface area contributed by atoms with Crippen molar-refractivity contribution in [3.8, 4) is 0 Å². The zero-order valence-electron chi connectivity index (χ0n) is 16.8. The summed E-state index contributed by atoms with van der Waals surface area (Å²) in [6, 6.07) is 13.6. The third-order valence-corrected chi connectivity index (χ3v) is 7.67. The van der Waals surface area contributed by atoms with E-state index in [-0.39, 0.29) is 10.5 Å². The lowest BCUT2D eigenvalue weighted by Gasteiger charge is -2.35.